The summed E-state index contributed by atoms with van der Waals surface area (Å²) in [5.74, 6) is 0.347. The molecule has 104 valence electrons. The average Bonchev–Trinajstić information content (AvgIpc) is 2.37. The Bertz CT molecular complexity index is 474. The third-order valence-electron chi connectivity index (χ3n) is 2.15. The molecule has 19 heavy (non-hydrogen) atoms. The van der Waals surface area contributed by atoms with E-state index in [1.54, 1.807) is 18.2 Å². The Kier molecular flexibility index (Phi) is 6.18. The first-order valence-electron chi connectivity index (χ1n) is 5.50. The first-order valence-corrected chi connectivity index (χ1v) is 5.88. The lowest BCUT2D eigenvalue weighted by Crippen LogP contribution is -2.19. The molecular weight excluding hydrogens is 270 g/mol. The van der Waals surface area contributed by atoms with Crippen molar-refractivity contribution >= 4 is 23.2 Å². The molecule has 1 aromatic carbocycles. The van der Waals surface area contributed by atoms with Gasteiger partial charge in [-0.05, 0) is 18.2 Å². The Hall–Kier alpha value is -1.72. The zero-order valence-electron chi connectivity index (χ0n) is 11.0. The summed E-state index contributed by atoms with van der Waals surface area (Å²) in [5.41, 5.74) is 1.07. The Morgan fingerprint density at radius 2 is 2.16 bits per heavy atom. The van der Waals surface area contributed by atoms with Gasteiger partial charge in [-0.2, -0.15) is 0 Å². The molecule has 0 aliphatic rings. The molecular formula is C13H16ClNO4. The molecule has 1 rings (SSSR count). The lowest BCUT2D eigenvalue weighted by molar-refractivity contribution is -0.117. The van der Waals surface area contributed by atoms with Crippen molar-refractivity contribution in [2.75, 3.05) is 21.0 Å². The smallest absolute Gasteiger partial charge is 0.221 e. The highest BCUT2D eigenvalue weighted by atomic mass is 35.5. The van der Waals surface area contributed by atoms with E-state index in [9.17, 15) is 4.79 Å². The molecule has 0 spiro atoms. The molecule has 6 heteroatoms. The number of rotatable bonds is 6. The van der Waals surface area contributed by atoms with Gasteiger partial charge in [0.25, 0.3) is 0 Å². The normalized spacial score (nSPS) is 11.1. The van der Waals surface area contributed by atoms with Gasteiger partial charge in [-0.15, -0.1) is 0 Å². The summed E-state index contributed by atoms with van der Waals surface area (Å²) in [6, 6.07) is 5.09. The second-order valence-corrected chi connectivity index (χ2v) is 4.07. The van der Waals surface area contributed by atoms with Crippen molar-refractivity contribution in [3.8, 4) is 5.75 Å². The fourth-order valence-corrected chi connectivity index (χ4v) is 1.60. The molecule has 0 atom stereocenters. The largest absolute Gasteiger partial charge is 0.496 e. The third kappa shape index (κ3) is 4.81. The van der Waals surface area contributed by atoms with E-state index in [0.717, 1.165) is 0 Å². The summed E-state index contributed by atoms with van der Waals surface area (Å²) in [6.45, 7) is 1.48. The van der Waals surface area contributed by atoms with Crippen LogP contribution in [0.4, 0.5) is 0 Å². The van der Waals surface area contributed by atoms with E-state index in [1.165, 1.54) is 27.4 Å². The summed E-state index contributed by atoms with van der Waals surface area (Å²) >= 11 is 5.95. The maximum atomic E-state index is 11.2. The van der Waals surface area contributed by atoms with Crippen LogP contribution in [-0.2, 0) is 14.3 Å². The molecule has 1 N–H and O–H groups in total. The van der Waals surface area contributed by atoms with Crippen molar-refractivity contribution in [1.82, 2.24) is 5.32 Å². The van der Waals surface area contributed by atoms with Crippen LogP contribution >= 0.6 is 11.6 Å². The lowest BCUT2D eigenvalue weighted by Gasteiger charge is -2.13. The number of nitrogens with one attached hydrogen (secondary N) is 1. The first-order chi connectivity index (χ1) is 9.08. The van der Waals surface area contributed by atoms with Crippen LogP contribution in [0.5, 0.6) is 5.75 Å². The predicted octanol–water partition coefficient (Wildman–Crippen LogP) is 2.40. The first kappa shape index (κ1) is 15.3. The maximum Gasteiger partial charge on any atom is 0.221 e. The summed E-state index contributed by atoms with van der Waals surface area (Å²) in [6.07, 6.45) is 1.39. The molecule has 0 heterocycles. The van der Waals surface area contributed by atoms with Crippen LogP contribution in [0.15, 0.2) is 24.5 Å². The van der Waals surface area contributed by atoms with Gasteiger partial charge in [0, 0.05) is 24.6 Å². The Balaban J connectivity index is 3.11. The predicted molar refractivity (Wildman–Crippen MR) is 72.8 cm³/mol. The standard InChI is InChI=1S/C13H16ClNO4/c1-9(16)15-12(7-19-8-17-2)11-6-10(14)4-5-13(11)18-3/h4-7H,8H2,1-3H3,(H,15,16)/b12-7+. The van der Waals surface area contributed by atoms with E-state index in [-0.39, 0.29) is 12.7 Å². The zero-order valence-corrected chi connectivity index (χ0v) is 11.8. The maximum absolute atomic E-state index is 11.2. The quantitative estimate of drug-likeness (QED) is 0.495. The van der Waals surface area contributed by atoms with E-state index >= 15 is 0 Å². The highest BCUT2D eigenvalue weighted by Crippen LogP contribution is 2.27. The van der Waals surface area contributed by atoms with Crippen LogP contribution in [0.1, 0.15) is 12.5 Å². The molecule has 0 aliphatic heterocycles. The summed E-state index contributed by atoms with van der Waals surface area (Å²) in [7, 11) is 3.04. The van der Waals surface area contributed by atoms with Gasteiger partial charge in [0.1, 0.15) is 12.0 Å². The molecule has 1 amide bonds. The fourth-order valence-electron chi connectivity index (χ4n) is 1.43. The number of benzene rings is 1. The molecule has 1 aromatic rings. The van der Waals surface area contributed by atoms with Crippen LogP contribution in [0.3, 0.4) is 0 Å². The molecule has 0 saturated heterocycles. The van der Waals surface area contributed by atoms with E-state index in [1.807, 2.05) is 0 Å². The van der Waals surface area contributed by atoms with Crippen LogP contribution in [0.2, 0.25) is 5.02 Å². The lowest BCUT2D eigenvalue weighted by atomic mass is 10.1. The van der Waals surface area contributed by atoms with Gasteiger partial charge in [0.2, 0.25) is 5.91 Å². The van der Waals surface area contributed by atoms with Crippen LogP contribution in [0, 0.1) is 0 Å². The summed E-state index contributed by atoms with van der Waals surface area (Å²) in [4.78, 5) is 11.2. The molecule has 0 saturated carbocycles. The van der Waals surface area contributed by atoms with Crippen LogP contribution in [0.25, 0.3) is 5.70 Å². The molecule has 0 aliphatic carbocycles. The molecule has 0 unspecified atom stereocenters. The topological polar surface area (TPSA) is 56.8 Å². The van der Waals surface area contributed by atoms with E-state index in [0.29, 0.717) is 22.0 Å². The molecule has 0 bridgehead atoms. The van der Waals surface area contributed by atoms with Crippen molar-refractivity contribution in [3.05, 3.63) is 35.0 Å². The second-order valence-electron chi connectivity index (χ2n) is 3.63. The highest BCUT2D eigenvalue weighted by molar-refractivity contribution is 6.30. The zero-order chi connectivity index (χ0) is 14.3. The minimum atomic E-state index is -0.228. The number of carbonyl (C=O) groups excluding carboxylic acids is 1. The van der Waals surface area contributed by atoms with E-state index in [2.05, 4.69) is 5.32 Å². The number of hydrogen-bond acceptors (Lipinski definition) is 4. The van der Waals surface area contributed by atoms with Gasteiger partial charge >= 0.3 is 0 Å². The van der Waals surface area contributed by atoms with Crippen LogP contribution < -0.4 is 10.1 Å². The number of carbonyl (C=O) groups is 1. The summed E-state index contributed by atoms with van der Waals surface area (Å²) in [5, 5.41) is 3.19. The number of ether oxygens (including phenoxy) is 3. The molecule has 0 radical (unpaired) electrons. The van der Waals surface area contributed by atoms with Crippen molar-refractivity contribution in [3.63, 3.8) is 0 Å². The monoisotopic (exact) mass is 285 g/mol. The number of methoxy groups -OCH3 is 2. The molecule has 5 nitrogen and oxygen atoms in total. The van der Waals surface area contributed by atoms with Crippen molar-refractivity contribution in [2.24, 2.45) is 0 Å². The molecule has 0 fully saturated rings. The number of hydrogen-bond donors (Lipinski definition) is 1. The molecule has 0 aromatic heterocycles. The number of halogens is 1. The minimum absolute atomic E-state index is 0.0754. The third-order valence-corrected chi connectivity index (χ3v) is 2.38. The van der Waals surface area contributed by atoms with Gasteiger partial charge in [0.05, 0.1) is 12.8 Å². The second kappa shape index (κ2) is 7.66. The van der Waals surface area contributed by atoms with Crippen molar-refractivity contribution in [2.45, 2.75) is 6.92 Å². The Labute approximate surface area is 117 Å². The highest BCUT2D eigenvalue weighted by Gasteiger charge is 2.11. The van der Waals surface area contributed by atoms with Gasteiger partial charge < -0.3 is 19.5 Å². The van der Waals surface area contributed by atoms with E-state index in [4.69, 9.17) is 25.8 Å². The van der Waals surface area contributed by atoms with Gasteiger partial charge in [-0.25, -0.2) is 0 Å². The average molecular weight is 286 g/mol. The fraction of sp³-hybridized carbons (Fsp3) is 0.308. The Morgan fingerprint density at radius 3 is 2.74 bits per heavy atom. The van der Waals surface area contributed by atoms with Crippen molar-refractivity contribution in [1.29, 1.82) is 0 Å². The van der Waals surface area contributed by atoms with Crippen molar-refractivity contribution < 1.29 is 19.0 Å². The SMILES string of the molecule is COCO/C=C(/NC(C)=O)c1cc(Cl)ccc1OC. The van der Waals surface area contributed by atoms with Crippen LogP contribution in [-0.4, -0.2) is 26.9 Å². The van der Waals surface area contributed by atoms with Gasteiger partial charge in [-0.3, -0.25) is 4.79 Å². The Morgan fingerprint density at radius 1 is 1.42 bits per heavy atom. The van der Waals surface area contributed by atoms with Gasteiger partial charge in [0.15, 0.2) is 6.79 Å². The number of amides is 1. The minimum Gasteiger partial charge on any atom is -0.496 e. The van der Waals surface area contributed by atoms with E-state index < -0.39 is 0 Å². The van der Waals surface area contributed by atoms with Gasteiger partial charge in [-0.1, -0.05) is 11.6 Å². The summed E-state index contributed by atoms with van der Waals surface area (Å²) < 4.78 is 15.2.